The maximum absolute atomic E-state index is 14.0. The fraction of sp³-hybridized carbons (Fsp3) is 0.714. The second-order valence-electron chi connectivity index (χ2n) is 8.24. The van der Waals surface area contributed by atoms with Crippen LogP contribution in [-0.2, 0) is 6.54 Å². The summed E-state index contributed by atoms with van der Waals surface area (Å²) in [7, 11) is 0. The molecule has 0 aromatic heterocycles. The molecule has 0 unspecified atom stereocenters. The van der Waals surface area contributed by atoms with Crippen molar-refractivity contribution in [2.75, 3.05) is 39.3 Å². The van der Waals surface area contributed by atoms with Crippen molar-refractivity contribution in [1.82, 2.24) is 14.7 Å². The van der Waals surface area contributed by atoms with E-state index in [9.17, 15) is 13.9 Å². The first-order valence-corrected chi connectivity index (χ1v) is 10.2. The van der Waals surface area contributed by atoms with Gasteiger partial charge in [0.25, 0.3) is 0 Å². The molecule has 0 aliphatic carbocycles. The lowest BCUT2D eigenvalue weighted by Crippen LogP contribution is -2.58. The van der Waals surface area contributed by atoms with Gasteiger partial charge in [-0.05, 0) is 64.4 Å². The Labute approximate surface area is 161 Å². The second-order valence-corrected chi connectivity index (χ2v) is 8.24. The van der Waals surface area contributed by atoms with Gasteiger partial charge in [0.2, 0.25) is 0 Å². The zero-order valence-corrected chi connectivity index (χ0v) is 16.6. The quantitative estimate of drug-likeness (QED) is 0.821. The van der Waals surface area contributed by atoms with Gasteiger partial charge in [0.15, 0.2) is 0 Å². The minimum atomic E-state index is -0.395. The molecule has 0 radical (unpaired) electrons. The molecule has 1 aromatic carbocycles. The Hall–Kier alpha value is -1.08. The third kappa shape index (κ3) is 5.25. The molecule has 1 aromatic rings. The van der Waals surface area contributed by atoms with E-state index in [0.29, 0.717) is 24.2 Å². The molecule has 1 atom stereocenters. The van der Waals surface area contributed by atoms with Crippen molar-refractivity contribution < 1.29 is 13.9 Å². The maximum Gasteiger partial charge on any atom is 0.127 e. The summed E-state index contributed by atoms with van der Waals surface area (Å²) >= 11 is 0. The molecule has 152 valence electrons. The molecular weight excluding hydrogens is 348 g/mol. The normalized spacial score (nSPS) is 24.0. The van der Waals surface area contributed by atoms with E-state index in [0.717, 1.165) is 45.2 Å². The first-order valence-electron chi connectivity index (χ1n) is 10.2. The average Bonchev–Trinajstić information content (AvgIpc) is 2.65. The van der Waals surface area contributed by atoms with E-state index in [2.05, 4.69) is 28.5 Å². The fourth-order valence-electron chi connectivity index (χ4n) is 4.60. The van der Waals surface area contributed by atoms with Crippen molar-refractivity contribution in [3.63, 3.8) is 0 Å². The zero-order chi connectivity index (χ0) is 19.4. The average molecular weight is 382 g/mol. The maximum atomic E-state index is 14.0. The van der Waals surface area contributed by atoms with Gasteiger partial charge in [-0.2, -0.15) is 0 Å². The molecule has 2 heterocycles. The van der Waals surface area contributed by atoms with Crippen molar-refractivity contribution in [3.05, 3.63) is 35.4 Å². The molecule has 0 saturated carbocycles. The number of halogens is 2. The first-order chi connectivity index (χ1) is 13.0. The minimum absolute atomic E-state index is 0.161. The van der Waals surface area contributed by atoms with Crippen LogP contribution in [0.3, 0.4) is 0 Å². The molecule has 3 rings (SSSR count). The monoisotopic (exact) mass is 381 g/mol. The van der Waals surface area contributed by atoms with Crippen molar-refractivity contribution in [2.24, 2.45) is 0 Å². The molecule has 1 N–H and O–H groups in total. The molecule has 0 bridgehead atoms. The third-order valence-electron chi connectivity index (χ3n) is 6.17. The number of hydrogen-bond acceptors (Lipinski definition) is 4. The van der Waals surface area contributed by atoms with Gasteiger partial charge in [-0.3, -0.25) is 9.80 Å². The highest BCUT2D eigenvalue weighted by Crippen LogP contribution is 2.25. The van der Waals surface area contributed by atoms with E-state index in [1.54, 1.807) is 0 Å². The number of aliphatic hydroxyl groups is 1. The molecule has 2 saturated heterocycles. The molecule has 4 nitrogen and oxygen atoms in total. The predicted octanol–water partition coefficient (Wildman–Crippen LogP) is 2.71. The van der Waals surface area contributed by atoms with Crippen LogP contribution in [-0.4, -0.2) is 77.3 Å². The standard InChI is InChI=1S/C21H33F2N3O/c1-16(2)25-8-5-19(6-9-25)26-11-10-24(15-20(26)7-12-27)14-17-13-18(22)3-4-21(17)23/h3-4,13,16,19-20,27H,5-12,14-15H2,1-2H3/t20-/m1/s1. The highest BCUT2D eigenvalue weighted by atomic mass is 19.1. The largest absolute Gasteiger partial charge is 0.396 e. The highest BCUT2D eigenvalue weighted by Gasteiger charge is 2.34. The fourth-order valence-corrected chi connectivity index (χ4v) is 4.60. The Morgan fingerprint density at radius 2 is 1.85 bits per heavy atom. The summed E-state index contributed by atoms with van der Waals surface area (Å²) in [4.78, 5) is 7.28. The SMILES string of the molecule is CC(C)N1CCC(N2CCN(Cc3cc(F)ccc3F)C[C@H]2CCO)CC1. The van der Waals surface area contributed by atoms with Crippen molar-refractivity contribution in [3.8, 4) is 0 Å². The Bertz CT molecular complexity index is 605. The van der Waals surface area contributed by atoms with Crippen molar-refractivity contribution >= 4 is 0 Å². The zero-order valence-electron chi connectivity index (χ0n) is 16.6. The lowest BCUT2D eigenvalue weighted by atomic mass is 9.97. The van der Waals surface area contributed by atoms with E-state index in [4.69, 9.17) is 0 Å². The number of benzene rings is 1. The topological polar surface area (TPSA) is 30.0 Å². The Balaban J connectivity index is 1.61. The molecule has 2 fully saturated rings. The number of rotatable bonds is 6. The third-order valence-corrected chi connectivity index (χ3v) is 6.17. The smallest absolute Gasteiger partial charge is 0.127 e. The van der Waals surface area contributed by atoms with Crippen LogP contribution >= 0.6 is 0 Å². The van der Waals surface area contributed by atoms with Gasteiger partial charge >= 0.3 is 0 Å². The van der Waals surface area contributed by atoms with Gasteiger partial charge in [0, 0.05) is 56.5 Å². The van der Waals surface area contributed by atoms with E-state index in [1.807, 2.05) is 0 Å². The molecular formula is C21H33F2N3O. The van der Waals surface area contributed by atoms with Crippen molar-refractivity contribution in [2.45, 2.75) is 57.8 Å². The lowest BCUT2D eigenvalue weighted by Gasteiger charge is -2.48. The van der Waals surface area contributed by atoms with Crippen LogP contribution in [0.5, 0.6) is 0 Å². The summed E-state index contributed by atoms with van der Waals surface area (Å²) in [5, 5.41) is 9.54. The van der Waals surface area contributed by atoms with E-state index >= 15 is 0 Å². The number of piperidine rings is 1. The van der Waals surface area contributed by atoms with Crippen LogP contribution < -0.4 is 0 Å². The van der Waals surface area contributed by atoms with Crippen LogP contribution in [0.15, 0.2) is 18.2 Å². The molecule has 0 spiro atoms. The van der Waals surface area contributed by atoms with Gasteiger partial charge in [0.1, 0.15) is 11.6 Å². The van der Waals surface area contributed by atoms with Crippen LogP contribution in [0.1, 0.15) is 38.7 Å². The molecule has 6 heteroatoms. The number of nitrogens with zero attached hydrogens (tertiary/aromatic N) is 3. The number of hydrogen-bond donors (Lipinski definition) is 1. The van der Waals surface area contributed by atoms with Gasteiger partial charge in [-0.1, -0.05) is 0 Å². The van der Waals surface area contributed by atoms with Gasteiger partial charge in [-0.15, -0.1) is 0 Å². The van der Waals surface area contributed by atoms with Gasteiger partial charge in [0.05, 0.1) is 0 Å². The van der Waals surface area contributed by atoms with Crippen LogP contribution in [0, 0.1) is 11.6 Å². The number of aliphatic hydroxyl groups excluding tert-OH is 1. The van der Waals surface area contributed by atoms with E-state index < -0.39 is 5.82 Å². The Kier molecular flexibility index (Phi) is 7.20. The van der Waals surface area contributed by atoms with Crippen LogP contribution in [0.4, 0.5) is 8.78 Å². The Morgan fingerprint density at radius 1 is 1.11 bits per heavy atom. The summed E-state index contributed by atoms with van der Waals surface area (Å²) in [6, 6.07) is 5.09. The number of piperazine rings is 1. The summed E-state index contributed by atoms with van der Waals surface area (Å²) in [5.41, 5.74) is 0.413. The van der Waals surface area contributed by atoms with Crippen molar-refractivity contribution in [1.29, 1.82) is 0 Å². The highest BCUT2D eigenvalue weighted by molar-refractivity contribution is 5.18. The molecule has 0 amide bonds. The van der Waals surface area contributed by atoms with Crippen LogP contribution in [0.25, 0.3) is 0 Å². The molecule has 2 aliphatic heterocycles. The van der Waals surface area contributed by atoms with Gasteiger partial charge in [-0.25, -0.2) is 8.78 Å². The minimum Gasteiger partial charge on any atom is -0.396 e. The summed E-state index contributed by atoms with van der Waals surface area (Å²) in [5.74, 6) is -0.743. The predicted molar refractivity (Wildman–Crippen MR) is 104 cm³/mol. The summed E-state index contributed by atoms with van der Waals surface area (Å²) < 4.78 is 27.5. The molecule has 27 heavy (non-hydrogen) atoms. The lowest BCUT2D eigenvalue weighted by molar-refractivity contribution is -0.000304. The first kappa shape index (κ1) is 20.6. The summed E-state index contributed by atoms with van der Waals surface area (Å²) in [6.45, 7) is 9.90. The number of likely N-dealkylation sites (tertiary alicyclic amines) is 1. The summed E-state index contributed by atoms with van der Waals surface area (Å²) in [6.07, 6.45) is 3.06. The van der Waals surface area contributed by atoms with E-state index in [1.165, 1.54) is 25.0 Å². The Morgan fingerprint density at radius 3 is 2.52 bits per heavy atom. The van der Waals surface area contributed by atoms with Crippen LogP contribution in [0.2, 0.25) is 0 Å². The second kappa shape index (κ2) is 9.41. The van der Waals surface area contributed by atoms with Gasteiger partial charge < -0.3 is 10.0 Å². The van der Waals surface area contributed by atoms with E-state index in [-0.39, 0.29) is 18.5 Å². The molecule has 2 aliphatic rings.